The lowest BCUT2D eigenvalue weighted by Gasteiger charge is -2.27. The van der Waals surface area contributed by atoms with Gasteiger partial charge in [0.15, 0.2) is 0 Å². The van der Waals surface area contributed by atoms with E-state index in [1.54, 1.807) is 6.92 Å². The molecule has 0 aliphatic heterocycles. The van der Waals surface area contributed by atoms with Crippen molar-refractivity contribution in [3.05, 3.63) is 10.6 Å². The molecule has 1 saturated carbocycles. The number of hydrogen-bond donors (Lipinski definition) is 2. The summed E-state index contributed by atoms with van der Waals surface area (Å²) >= 11 is 1.04. The fourth-order valence-electron chi connectivity index (χ4n) is 2.63. The smallest absolute Gasteiger partial charge is 0.308 e. The quantitative estimate of drug-likeness (QED) is 0.890. The minimum absolute atomic E-state index is 0.255. The minimum atomic E-state index is -0.823. The Balaban J connectivity index is 2.08. The lowest BCUT2D eigenvalue weighted by molar-refractivity contribution is -0.143. The van der Waals surface area contributed by atoms with E-state index >= 15 is 0 Å². The summed E-state index contributed by atoms with van der Waals surface area (Å²) in [6.45, 7) is 1.73. The van der Waals surface area contributed by atoms with Gasteiger partial charge in [0.2, 0.25) is 0 Å². The fourth-order valence-corrected chi connectivity index (χ4v) is 3.19. The van der Waals surface area contributed by atoms with Gasteiger partial charge in [0.1, 0.15) is 4.88 Å². The van der Waals surface area contributed by atoms with Crippen LogP contribution in [0.1, 0.15) is 53.9 Å². The van der Waals surface area contributed by atoms with Crippen LogP contribution in [0.5, 0.6) is 0 Å². The first-order chi connectivity index (χ1) is 9.59. The fraction of sp³-hybridized carbons (Fsp3) is 0.692. The predicted molar refractivity (Wildman–Crippen MR) is 74.7 cm³/mol. The minimum Gasteiger partial charge on any atom is -0.481 e. The van der Waals surface area contributed by atoms with Crippen LogP contribution >= 0.6 is 11.5 Å². The number of hydrogen-bond acceptors (Lipinski definition) is 5. The molecule has 110 valence electrons. The van der Waals surface area contributed by atoms with E-state index in [0.717, 1.165) is 37.2 Å². The maximum Gasteiger partial charge on any atom is 0.308 e. The topological polar surface area (TPSA) is 92.2 Å². The summed E-state index contributed by atoms with van der Waals surface area (Å²) in [6.07, 6.45) is 5.37. The van der Waals surface area contributed by atoms with Crippen LogP contribution in [0.25, 0.3) is 0 Å². The first kappa shape index (κ1) is 14.9. The van der Waals surface area contributed by atoms with Crippen molar-refractivity contribution >= 4 is 23.4 Å². The monoisotopic (exact) mass is 297 g/mol. The van der Waals surface area contributed by atoms with Gasteiger partial charge in [0.05, 0.1) is 11.6 Å². The molecule has 1 aromatic heterocycles. The summed E-state index contributed by atoms with van der Waals surface area (Å²) in [5, 5.41) is 16.0. The molecular formula is C13H19N3O3S. The number of carbonyl (C=O) groups is 2. The number of amides is 1. The van der Waals surface area contributed by atoms with E-state index in [4.69, 9.17) is 0 Å². The Morgan fingerprint density at radius 2 is 1.95 bits per heavy atom. The molecule has 0 bridgehead atoms. The average Bonchev–Trinajstić information content (AvgIpc) is 2.78. The third-order valence-electron chi connectivity index (χ3n) is 3.76. The highest BCUT2D eigenvalue weighted by atomic mass is 32.1. The Hall–Kier alpha value is -1.50. The van der Waals surface area contributed by atoms with Crippen LogP contribution in [0.3, 0.4) is 0 Å². The van der Waals surface area contributed by atoms with E-state index in [0.29, 0.717) is 23.4 Å². The van der Waals surface area contributed by atoms with Gasteiger partial charge in [0, 0.05) is 6.04 Å². The zero-order chi connectivity index (χ0) is 14.5. The van der Waals surface area contributed by atoms with E-state index in [1.807, 2.05) is 0 Å². The maximum absolute atomic E-state index is 12.2. The molecule has 2 N–H and O–H groups in total. The first-order valence-electron chi connectivity index (χ1n) is 6.92. The number of nitrogens with zero attached hydrogens (tertiary/aromatic N) is 2. The second-order valence-electron chi connectivity index (χ2n) is 5.20. The normalized spacial score (nSPS) is 23.6. The van der Waals surface area contributed by atoms with Gasteiger partial charge in [-0.25, -0.2) is 0 Å². The van der Waals surface area contributed by atoms with Crippen LogP contribution in [-0.2, 0) is 4.79 Å². The molecule has 2 unspecified atom stereocenters. The van der Waals surface area contributed by atoms with Crippen molar-refractivity contribution in [1.29, 1.82) is 0 Å². The molecule has 1 aliphatic carbocycles. The molecule has 2 atom stereocenters. The third kappa shape index (κ3) is 3.53. The van der Waals surface area contributed by atoms with E-state index in [2.05, 4.69) is 14.9 Å². The number of rotatable bonds is 3. The summed E-state index contributed by atoms with van der Waals surface area (Å²) in [4.78, 5) is 24.0. The van der Waals surface area contributed by atoms with Gasteiger partial charge in [-0.2, -0.15) is 0 Å². The van der Waals surface area contributed by atoms with Crippen LogP contribution in [0.4, 0.5) is 0 Å². The lowest BCUT2D eigenvalue weighted by atomic mass is 9.86. The molecule has 20 heavy (non-hydrogen) atoms. The van der Waals surface area contributed by atoms with E-state index in [9.17, 15) is 14.7 Å². The number of aromatic nitrogens is 2. The van der Waals surface area contributed by atoms with Crippen molar-refractivity contribution < 1.29 is 14.7 Å². The summed E-state index contributed by atoms with van der Waals surface area (Å²) in [5.41, 5.74) is 0.588. The van der Waals surface area contributed by atoms with E-state index in [1.165, 1.54) is 0 Å². The number of carboxylic acid groups (broad SMARTS) is 1. The van der Waals surface area contributed by atoms with Crippen LogP contribution < -0.4 is 5.32 Å². The summed E-state index contributed by atoms with van der Waals surface area (Å²) in [6, 6.07) is -0.304. The number of aryl methyl sites for hydroxylation is 1. The highest BCUT2D eigenvalue weighted by molar-refractivity contribution is 7.08. The van der Waals surface area contributed by atoms with Gasteiger partial charge in [-0.3, -0.25) is 9.59 Å². The molecule has 0 spiro atoms. The van der Waals surface area contributed by atoms with E-state index in [-0.39, 0.29) is 11.9 Å². The second kappa shape index (κ2) is 6.78. The Morgan fingerprint density at radius 1 is 1.25 bits per heavy atom. The van der Waals surface area contributed by atoms with Crippen molar-refractivity contribution in [1.82, 2.24) is 14.9 Å². The molecule has 1 aromatic rings. The third-order valence-corrected chi connectivity index (χ3v) is 4.58. The van der Waals surface area contributed by atoms with Crippen LogP contribution in [0.15, 0.2) is 0 Å². The molecule has 1 amide bonds. The zero-order valence-electron chi connectivity index (χ0n) is 11.5. The molecule has 6 nitrogen and oxygen atoms in total. The number of nitrogens with one attached hydrogen (secondary N) is 1. The zero-order valence-corrected chi connectivity index (χ0v) is 12.3. The Kier molecular flexibility index (Phi) is 5.05. The molecule has 1 aliphatic rings. The summed E-state index contributed by atoms with van der Waals surface area (Å²) in [5.74, 6) is -1.58. The lowest BCUT2D eigenvalue weighted by Crippen LogP contribution is -2.43. The molecule has 0 saturated heterocycles. The SMILES string of the molecule is Cc1nnsc1C(=O)NC1CCCCCCC1C(=O)O. The van der Waals surface area contributed by atoms with Crippen LogP contribution in [0, 0.1) is 12.8 Å². The molecule has 0 radical (unpaired) electrons. The van der Waals surface area contributed by atoms with Gasteiger partial charge >= 0.3 is 5.97 Å². The first-order valence-corrected chi connectivity index (χ1v) is 7.69. The molecule has 7 heteroatoms. The molecular weight excluding hydrogens is 278 g/mol. The largest absolute Gasteiger partial charge is 0.481 e. The van der Waals surface area contributed by atoms with Crippen molar-refractivity contribution in [3.63, 3.8) is 0 Å². The van der Waals surface area contributed by atoms with Gasteiger partial charge in [-0.15, -0.1) is 5.10 Å². The van der Waals surface area contributed by atoms with Crippen molar-refractivity contribution in [2.45, 2.75) is 51.5 Å². The Morgan fingerprint density at radius 3 is 2.55 bits per heavy atom. The van der Waals surface area contributed by atoms with Gasteiger partial charge in [-0.1, -0.05) is 30.2 Å². The molecule has 1 heterocycles. The number of carbonyl (C=O) groups excluding carboxylic acids is 1. The highest BCUT2D eigenvalue weighted by Gasteiger charge is 2.30. The van der Waals surface area contributed by atoms with Gasteiger partial charge in [0.25, 0.3) is 5.91 Å². The molecule has 1 fully saturated rings. The van der Waals surface area contributed by atoms with Crippen molar-refractivity contribution in [3.8, 4) is 0 Å². The van der Waals surface area contributed by atoms with Crippen molar-refractivity contribution in [2.75, 3.05) is 0 Å². The maximum atomic E-state index is 12.2. The highest BCUT2D eigenvalue weighted by Crippen LogP contribution is 2.24. The molecule has 0 aromatic carbocycles. The average molecular weight is 297 g/mol. The van der Waals surface area contributed by atoms with Crippen LogP contribution in [-0.4, -0.2) is 32.6 Å². The van der Waals surface area contributed by atoms with Crippen LogP contribution in [0.2, 0.25) is 0 Å². The Bertz CT molecular complexity index is 489. The molecule has 2 rings (SSSR count). The van der Waals surface area contributed by atoms with Gasteiger partial charge < -0.3 is 10.4 Å². The summed E-state index contributed by atoms with van der Waals surface area (Å²) in [7, 11) is 0. The second-order valence-corrected chi connectivity index (χ2v) is 5.96. The predicted octanol–water partition coefficient (Wildman–Crippen LogP) is 2.00. The number of aliphatic carboxylic acids is 1. The summed E-state index contributed by atoms with van der Waals surface area (Å²) < 4.78 is 3.74. The standard InChI is InChI=1S/C13H19N3O3S/c1-8-11(20-16-15-8)12(17)14-10-7-5-3-2-4-6-9(10)13(18)19/h9-10H,2-7H2,1H3,(H,14,17)(H,18,19). The Labute approximate surface area is 121 Å². The van der Waals surface area contributed by atoms with Crippen molar-refractivity contribution in [2.24, 2.45) is 5.92 Å². The number of carboxylic acids is 1. The van der Waals surface area contributed by atoms with Gasteiger partial charge in [-0.05, 0) is 31.3 Å². The van der Waals surface area contributed by atoms with E-state index < -0.39 is 11.9 Å².